The molecule has 4 heteroatoms. The number of hydrogen-bond acceptors (Lipinski definition) is 2. The fourth-order valence-corrected chi connectivity index (χ4v) is 1.79. The summed E-state index contributed by atoms with van der Waals surface area (Å²) in [6.07, 6.45) is 6.10. The molecule has 19 heavy (non-hydrogen) atoms. The molecule has 0 aliphatic rings. The van der Waals surface area contributed by atoms with Crippen molar-refractivity contribution >= 4 is 11.6 Å². The number of amides is 1. The van der Waals surface area contributed by atoms with Crippen LogP contribution in [0.5, 0.6) is 0 Å². The third-order valence-corrected chi connectivity index (χ3v) is 2.87. The molecule has 0 radical (unpaired) electrons. The molecule has 1 rings (SSSR count). The van der Waals surface area contributed by atoms with Gasteiger partial charge >= 0.3 is 0 Å². The molecule has 0 unspecified atom stereocenters. The van der Waals surface area contributed by atoms with E-state index in [-0.39, 0.29) is 11.7 Å². The number of anilines is 1. The number of nitrogens with one attached hydrogen (secondary N) is 2. The van der Waals surface area contributed by atoms with Crippen molar-refractivity contribution in [1.82, 2.24) is 5.32 Å². The van der Waals surface area contributed by atoms with Crippen LogP contribution in [0.15, 0.2) is 24.3 Å². The maximum absolute atomic E-state index is 12.7. The second-order valence-corrected chi connectivity index (χ2v) is 4.65. The van der Waals surface area contributed by atoms with E-state index in [1.54, 1.807) is 12.1 Å². The van der Waals surface area contributed by atoms with Crippen LogP contribution in [0.2, 0.25) is 0 Å². The highest BCUT2D eigenvalue weighted by Gasteiger charge is 2.01. The van der Waals surface area contributed by atoms with Crippen LogP contribution in [0.4, 0.5) is 10.1 Å². The lowest BCUT2D eigenvalue weighted by Crippen LogP contribution is -2.28. The van der Waals surface area contributed by atoms with Crippen LogP contribution in [0, 0.1) is 5.82 Å². The number of rotatable bonds is 9. The van der Waals surface area contributed by atoms with Gasteiger partial charge in [-0.05, 0) is 37.2 Å². The summed E-state index contributed by atoms with van der Waals surface area (Å²) in [5.74, 6) is -0.400. The summed E-state index contributed by atoms with van der Waals surface area (Å²) in [7, 11) is 0. The standard InChI is InChI=1S/C15H23FN2O/c1-2-3-4-5-6-11-17-12-15(19)18-14-9-7-13(16)8-10-14/h7-10,17H,2-6,11-12H2,1H3,(H,18,19). The minimum Gasteiger partial charge on any atom is -0.325 e. The molecule has 2 N–H and O–H groups in total. The summed E-state index contributed by atoms with van der Waals surface area (Å²) in [6.45, 7) is 3.35. The number of unbranched alkanes of at least 4 members (excludes halogenated alkanes) is 4. The van der Waals surface area contributed by atoms with Crippen LogP contribution in [0.3, 0.4) is 0 Å². The Bertz CT molecular complexity index is 365. The Kier molecular flexibility index (Phi) is 7.82. The van der Waals surface area contributed by atoms with Crippen molar-refractivity contribution in [3.8, 4) is 0 Å². The van der Waals surface area contributed by atoms with E-state index in [1.807, 2.05) is 0 Å². The molecule has 0 fully saturated rings. The fourth-order valence-electron chi connectivity index (χ4n) is 1.79. The maximum atomic E-state index is 12.7. The first-order chi connectivity index (χ1) is 9.22. The van der Waals surface area contributed by atoms with Crippen molar-refractivity contribution in [3.05, 3.63) is 30.1 Å². The third kappa shape index (κ3) is 7.57. The Morgan fingerprint density at radius 1 is 1.11 bits per heavy atom. The van der Waals surface area contributed by atoms with Gasteiger partial charge in [0, 0.05) is 5.69 Å². The Balaban J connectivity index is 2.06. The minimum atomic E-state index is -0.303. The Morgan fingerprint density at radius 2 is 1.79 bits per heavy atom. The van der Waals surface area contributed by atoms with Crippen LogP contribution in [-0.2, 0) is 4.79 Å². The van der Waals surface area contributed by atoms with Gasteiger partial charge in [0.2, 0.25) is 5.91 Å². The average Bonchev–Trinajstić information content (AvgIpc) is 2.40. The molecular weight excluding hydrogens is 243 g/mol. The van der Waals surface area contributed by atoms with Gasteiger partial charge in [0.15, 0.2) is 0 Å². The summed E-state index contributed by atoms with van der Waals surface area (Å²) >= 11 is 0. The quantitative estimate of drug-likeness (QED) is 0.673. The predicted molar refractivity (Wildman–Crippen MR) is 76.7 cm³/mol. The number of benzene rings is 1. The summed E-state index contributed by atoms with van der Waals surface area (Å²) in [4.78, 5) is 11.6. The molecule has 106 valence electrons. The Hall–Kier alpha value is -1.42. The van der Waals surface area contributed by atoms with E-state index < -0.39 is 0 Å². The topological polar surface area (TPSA) is 41.1 Å². The SMILES string of the molecule is CCCCCCCNCC(=O)Nc1ccc(F)cc1. The Morgan fingerprint density at radius 3 is 2.47 bits per heavy atom. The molecule has 0 aromatic heterocycles. The van der Waals surface area contributed by atoms with Crippen LogP contribution in [-0.4, -0.2) is 19.0 Å². The molecule has 0 saturated heterocycles. The van der Waals surface area contributed by atoms with E-state index in [0.29, 0.717) is 12.2 Å². The molecule has 3 nitrogen and oxygen atoms in total. The summed E-state index contributed by atoms with van der Waals surface area (Å²) in [5, 5.41) is 5.82. The van der Waals surface area contributed by atoms with Gasteiger partial charge in [-0.1, -0.05) is 32.6 Å². The monoisotopic (exact) mass is 266 g/mol. The van der Waals surface area contributed by atoms with Gasteiger partial charge in [0.25, 0.3) is 0 Å². The molecule has 0 spiro atoms. The number of halogens is 1. The lowest BCUT2D eigenvalue weighted by atomic mass is 10.1. The van der Waals surface area contributed by atoms with Crippen LogP contribution >= 0.6 is 0 Å². The second-order valence-electron chi connectivity index (χ2n) is 4.65. The summed E-state index contributed by atoms with van der Waals surface area (Å²) in [6, 6.07) is 5.77. The highest BCUT2D eigenvalue weighted by Crippen LogP contribution is 2.07. The van der Waals surface area contributed by atoms with Gasteiger partial charge in [-0.25, -0.2) is 4.39 Å². The highest BCUT2D eigenvalue weighted by molar-refractivity contribution is 5.92. The van der Waals surface area contributed by atoms with E-state index >= 15 is 0 Å². The molecule has 0 saturated carbocycles. The number of carbonyl (C=O) groups is 1. The largest absolute Gasteiger partial charge is 0.325 e. The van der Waals surface area contributed by atoms with Crippen molar-refractivity contribution < 1.29 is 9.18 Å². The second kappa shape index (κ2) is 9.50. The molecule has 0 atom stereocenters. The van der Waals surface area contributed by atoms with E-state index in [1.165, 1.54) is 37.8 Å². The van der Waals surface area contributed by atoms with Crippen LogP contribution in [0.1, 0.15) is 39.0 Å². The predicted octanol–water partition coefficient (Wildman–Crippen LogP) is 3.32. The normalized spacial score (nSPS) is 10.4. The van der Waals surface area contributed by atoms with Crippen LogP contribution in [0.25, 0.3) is 0 Å². The van der Waals surface area contributed by atoms with Gasteiger partial charge in [0.1, 0.15) is 5.82 Å². The Labute approximate surface area is 114 Å². The zero-order valence-electron chi connectivity index (χ0n) is 11.5. The summed E-state index contributed by atoms with van der Waals surface area (Å²) < 4.78 is 12.7. The molecule has 0 heterocycles. The van der Waals surface area contributed by atoms with Gasteiger partial charge < -0.3 is 10.6 Å². The van der Waals surface area contributed by atoms with Crippen molar-refractivity contribution in [1.29, 1.82) is 0 Å². The van der Waals surface area contributed by atoms with E-state index in [4.69, 9.17) is 0 Å². The maximum Gasteiger partial charge on any atom is 0.238 e. The van der Waals surface area contributed by atoms with E-state index in [9.17, 15) is 9.18 Å². The fraction of sp³-hybridized carbons (Fsp3) is 0.533. The van der Waals surface area contributed by atoms with Crippen molar-refractivity contribution in [2.24, 2.45) is 0 Å². The zero-order valence-corrected chi connectivity index (χ0v) is 11.5. The van der Waals surface area contributed by atoms with Crippen molar-refractivity contribution in [2.45, 2.75) is 39.0 Å². The van der Waals surface area contributed by atoms with E-state index in [0.717, 1.165) is 13.0 Å². The zero-order chi connectivity index (χ0) is 13.9. The third-order valence-electron chi connectivity index (χ3n) is 2.87. The molecule has 0 aliphatic carbocycles. The lowest BCUT2D eigenvalue weighted by molar-refractivity contribution is -0.115. The molecule has 1 amide bonds. The van der Waals surface area contributed by atoms with Crippen LogP contribution < -0.4 is 10.6 Å². The first-order valence-electron chi connectivity index (χ1n) is 6.98. The van der Waals surface area contributed by atoms with Gasteiger partial charge in [0.05, 0.1) is 6.54 Å². The van der Waals surface area contributed by atoms with Gasteiger partial charge in [-0.15, -0.1) is 0 Å². The molecule has 0 bridgehead atoms. The number of hydrogen-bond donors (Lipinski definition) is 2. The molecule has 0 aliphatic heterocycles. The van der Waals surface area contributed by atoms with Gasteiger partial charge in [-0.2, -0.15) is 0 Å². The van der Waals surface area contributed by atoms with Gasteiger partial charge in [-0.3, -0.25) is 4.79 Å². The molecule has 1 aromatic rings. The smallest absolute Gasteiger partial charge is 0.238 e. The van der Waals surface area contributed by atoms with E-state index in [2.05, 4.69) is 17.6 Å². The first kappa shape index (κ1) is 15.6. The molecule has 1 aromatic carbocycles. The highest BCUT2D eigenvalue weighted by atomic mass is 19.1. The minimum absolute atomic E-state index is 0.0971. The molecular formula is C15H23FN2O. The lowest BCUT2D eigenvalue weighted by Gasteiger charge is -2.06. The number of carbonyl (C=O) groups excluding carboxylic acids is 1. The first-order valence-corrected chi connectivity index (χ1v) is 6.98. The average molecular weight is 266 g/mol. The summed E-state index contributed by atoms with van der Waals surface area (Å²) in [5.41, 5.74) is 0.621. The van der Waals surface area contributed by atoms with Crippen molar-refractivity contribution in [3.63, 3.8) is 0 Å². The van der Waals surface area contributed by atoms with Crippen molar-refractivity contribution in [2.75, 3.05) is 18.4 Å².